The lowest BCUT2D eigenvalue weighted by Gasteiger charge is -2.31. The van der Waals surface area contributed by atoms with Crippen molar-refractivity contribution in [1.29, 1.82) is 0 Å². The molecular formula is C14H17F2NO2. The van der Waals surface area contributed by atoms with Crippen molar-refractivity contribution in [3.63, 3.8) is 0 Å². The Labute approximate surface area is 110 Å². The van der Waals surface area contributed by atoms with Crippen molar-refractivity contribution in [3.8, 4) is 0 Å². The van der Waals surface area contributed by atoms with Crippen molar-refractivity contribution >= 4 is 5.91 Å². The summed E-state index contributed by atoms with van der Waals surface area (Å²) in [5, 5.41) is 9.02. The number of likely N-dealkylation sites (tertiary alicyclic amines) is 1. The van der Waals surface area contributed by atoms with Gasteiger partial charge in [0.15, 0.2) is 0 Å². The Balaban J connectivity index is 1.94. The van der Waals surface area contributed by atoms with Crippen LogP contribution in [0.5, 0.6) is 0 Å². The van der Waals surface area contributed by atoms with Crippen LogP contribution >= 0.6 is 0 Å². The predicted octanol–water partition coefficient (Wildman–Crippen LogP) is 1.74. The molecule has 1 aromatic rings. The van der Waals surface area contributed by atoms with Crippen LogP contribution in [0.2, 0.25) is 0 Å². The number of aliphatic hydroxyl groups excluding tert-OH is 1. The minimum absolute atomic E-state index is 0.0457. The van der Waals surface area contributed by atoms with Crippen LogP contribution in [0.25, 0.3) is 0 Å². The zero-order chi connectivity index (χ0) is 13.8. The number of aliphatic hydroxyl groups is 1. The minimum atomic E-state index is -0.682. The first kappa shape index (κ1) is 13.9. The molecule has 19 heavy (non-hydrogen) atoms. The van der Waals surface area contributed by atoms with Gasteiger partial charge in [-0.1, -0.05) is 6.07 Å². The number of piperidine rings is 1. The Hall–Kier alpha value is -1.49. The molecule has 0 saturated carbocycles. The quantitative estimate of drug-likeness (QED) is 0.908. The number of carbonyl (C=O) groups excluding carboxylic acids is 1. The smallest absolute Gasteiger partial charge is 0.227 e. The van der Waals surface area contributed by atoms with Crippen LogP contribution in [-0.4, -0.2) is 35.6 Å². The first-order valence-corrected chi connectivity index (χ1v) is 6.42. The average molecular weight is 269 g/mol. The molecule has 1 saturated heterocycles. The second-order valence-electron chi connectivity index (χ2n) is 4.92. The largest absolute Gasteiger partial charge is 0.396 e. The minimum Gasteiger partial charge on any atom is -0.396 e. The van der Waals surface area contributed by atoms with Gasteiger partial charge in [-0.25, -0.2) is 8.78 Å². The van der Waals surface area contributed by atoms with Crippen LogP contribution in [0.1, 0.15) is 18.4 Å². The van der Waals surface area contributed by atoms with Gasteiger partial charge in [0.2, 0.25) is 5.91 Å². The van der Waals surface area contributed by atoms with Gasteiger partial charge in [0.05, 0.1) is 6.42 Å². The normalized spacial score (nSPS) is 16.7. The maximum atomic E-state index is 13.5. The van der Waals surface area contributed by atoms with Gasteiger partial charge < -0.3 is 10.0 Å². The van der Waals surface area contributed by atoms with Crippen molar-refractivity contribution in [2.24, 2.45) is 5.92 Å². The highest BCUT2D eigenvalue weighted by molar-refractivity contribution is 5.78. The number of benzene rings is 1. The van der Waals surface area contributed by atoms with Gasteiger partial charge in [-0.3, -0.25) is 4.79 Å². The third-order valence-corrected chi connectivity index (χ3v) is 3.58. The van der Waals surface area contributed by atoms with Gasteiger partial charge in [0, 0.05) is 25.8 Å². The Bertz CT molecular complexity index is 457. The van der Waals surface area contributed by atoms with E-state index < -0.39 is 11.6 Å². The molecule has 1 heterocycles. The van der Waals surface area contributed by atoms with Crippen LogP contribution in [0.3, 0.4) is 0 Å². The monoisotopic (exact) mass is 269 g/mol. The summed E-state index contributed by atoms with van der Waals surface area (Å²) in [6.07, 6.45) is 1.50. The molecule has 5 heteroatoms. The van der Waals surface area contributed by atoms with Crippen LogP contribution in [0.4, 0.5) is 8.78 Å². The van der Waals surface area contributed by atoms with Gasteiger partial charge in [-0.05, 0) is 30.4 Å². The van der Waals surface area contributed by atoms with E-state index in [1.54, 1.807) is 4.90 Å². The second-order valence-corrected chi connectivity index (χ2v) is 4.92. The topological polar surface area (TPSA) is 40.5 Å². The number of hydrogen-bond acceptors (Lipinski definition) is 2. The van der Waals surface area contributed by atoms with Crippen molar-refractivity contribution in [1.82, 2.24) is 4.90 Å². The average Bonchev–Trinajstić information content (AvgIpc) is 2.42. The summed E-state index contributed by atoms with van der Waals surface area (Å²) in [7, 11) is 0. The van der Waals surface area contributed by atoms with Gasteiger partial charge in [-0.2, -0.15) is 0 Å². The number of halogens is 2. The Morgan fingerprint density at radius 3 is 2.58 bits per heavy atom. The number of carbonyl (C=O) groups is 1. The van der Waals surface area contributed by atoms with E-state index in [1.165, 1.54) is 6.07 Å². The zero-order valence-electron chi connectivity index (χ0n) is 10.6. The molecule has 104 valence electrons. The lowest BCUT2D eigenvalue weighted by Crippen LogP contribution is -2.40. The Morgan fingerprint density at radius 1 is 1.32 bits per heavy atom. The molecule has 1 aromatic carbocycles. The number of hydrogen-bond donors (Lipinski definition) is 1. The third-order valence-electron chi connectivity index (χ3n) is 3.58. The van der Waals surface area contributed by atoms with Gasteiger partial charge in [-0.15, -0.1) is 0 Å². The molecule has 3 nitrogen and oxygen atoms in total. The third kappa shape index (κ3) is 3.50. The van der Waals surface area contributed by atoms with Crippen molar-refractivity contribution in [3.05, 3.63) is 35.4 Å². The summed E-state index contributed by atoms with van der Waals surface area (Å²) < 4.78 is 26.2. The fraction of sp³-hybridized carbons (Fsp3) is 0.500. The van der Waals surface area contributed by atoms with E-state index >= 15 is 0 Å². The highest BCUT2D eigenvalue weighted by Gasteiger charge is 2.22. The summed E-state index contributed by atoms with van der Waals surface area (Å²) >= 11 is 0. The van der Waals surface area contributed by atoms with Crippen molar-refractivity contribution in [2.75, 3.05) is 19.7 Å². The fourth-order valence-electron chi connectivity index (χ4n) is 2.30. The molecule has 1 amide bonds. The molecule has 0 unspecified atom stereocenters. The molecule has 0 bridgehead atoms. The van der Waals surface area contributed by atoms with E-state index in [-0.39, 0.29) is 30.4 Å². The van der Waals surface area contributed by atoms with E-state index in [4.69, 9.17) is 5.11 Å². The summed E-state index contributed by atoms with van der Waals surface area (Å²) in [6.45, 7) is 1.33. The molecule has 0 aromatic heterocycles. The summed E-state index contributed by atoms with van der Waals surface area (Å²) in [4.78, 5) is 13.7. The molecule has 0 atom stereocenters. The molecular weight excluding hydrogens is 252 g/mol. The molecule has 0 radical (unpaired) electrons. The maximum absolute atomic E-state index is 13.5. The highest BCUT2D eigenvalue weighted by atomic mass is 19.1. The molecule has 0 spiro atoms. The molecule has 0 aliphatic carbocycles. The summed E-state index contributed by atoms with van der Waals surface area (Å²) in [5.74, 6) is -1.22. The Kier molecular flexibility index (Phi) is 4.47. The van der Waals surface area contributed by atoms with E-state index in [0.29, 0.717) is 13.1 Å². The van der Waals surface area contributed by atoms with Gasteiger partial charge in [0.25, 0.3) is 0 Å². The van der Waals surface area contributed by atoms with Gasteiger partial charge >= 0.3 is 0 Å². The number of nitrogens with zero attached hydrogens (tertiary/aromatic N) is 1. The summed E-state index contributed by atoms with van der Waals surface area (Å²) in [5.41, 5.74) is 0.218. The summed E-state index contributed by atoms with van der Waals surface area (Å²) in [6, 6.07) is 3.26. The predicted molar refractivity (Wildman–Crippen MR) is 66.5 cm³/mol. The SMILES string of the molecule is O=C(Cc1ccc(F)cc1F)N1CCC(CO)CC1. The number of rotatable bonds is 3. The molecule has 2 rings (SSSR count). The van der Waals surface area contributed by atoms with Crippen LogP contribution in [0.15, 0.2) is 18.2 Å². The molecule has 1 aliphatic rings. The first-order valence-electron chi connectivity index (χ1n) is 6.42. The van der Waals surface area contributed by atoms with E-state index in [1.807, 2.05) is 0 Å². The van der Waals surface area contributed by atoms with E-state index in [0.717, 1.165) is 25.0 Å². The first-order chi connectivity index (χ1) is 9.10. The van der Waals surface area contributed by atoms with E-state index in [2.05, 4.69) is 0 Å². The number of amides is 1. The van der Waals surface area contributed by atoms with E-state index in [9.17, 15) is 13.6 Å². The zero-order valence-corrected chi connectivity index (χ0v) is 10.6. The van der Waals surface area contributed by atoms with Crippen molar-refractivity contribution < 1.29 is 18.7 Å². The molecule has 1 N–H and O–H groups in total. The van der Waals surface area contributed by atoms with Crippen LogP contribution in [-0.2, 0) is 11.2 Å². The standard InChI is InChI=1S/C14H17F2NO2/c15-12-2-1-11(13(16)8-12)7-14(19)17-5-3-10(9-18)4-6-17/h1-2,8,10,18H,3-7,9H2. The van der Waals surface area contributed by atoms with Gasteiger partial charge in [0.1, 0.15) is 11.6 Å². The lowest BCUT2D eigenvalue weighted by molar-refractivity contribution is -0.132. The Morgan fingerprint density at radius 2 is 2.00 bits per heavy atom. The molecule has 1 fully saturated rings. The highest BCUT2D eigenvalue weighted by Crippen LogP contribution is 2.18. The maximum Gasteiger partial charge on any atom is 0.227 e. The van der Waals surface area contributed by atoms with Crippen LogP contribution in [0, 0.1) is 17.6 Å². The fourth-order valence-corrected chi connectivity index (χ4v) is 2.30. The van der Waals surface area contributed by atoms with Crippen LogP contribution < -0.4 is 0 Å². The second kappa shape index (κ2) is 6.10. The van der Waals surface area contributed by atoms with Crippen molar-refractivity contribution in [2.45, 2.75) is 19.3 Å². The lowest BCUT2D eigenvalue weighted by atomic mass is 9.97. The molecule has 1 aliphatic heterocycles.